The monoisotopic (exact) mass is 225 g/mol. The van der Waals surface area contributed by atoms with E-state index in [9.17, 15) is 4.39 Å². The van der Waals surface area contributed by atoms with Gasteiger partial charge in [0.15, 0.2) is 0 Å². The Morgan fingerprint density at radius 1 is 1.27 bits per heavy atom. The lowest BCUT2D eigenvalue weighted by atomic mass is 10.0. The van der Waals surface area contributed by atoms with Crippen molar-refractivity contribution in [2.45, 2.75) is 12.8 Å². The highest BCUT2D eigenvalue weighted by atomic mass is 35.5. The van der Waals surface area contributed by atoms with Crippen LogP contribution in [0.2, 0.25) is 5.02 Å². The van der Waals surface area contributed by atoms with Crippen LogP contribution in [0.1, 0.15) is 18.4 Å². The fourth-order valence-corrected chi connectivity index (χ4v) is 1.93. The molecule has 1 aliphatic heterocycles. The number of hydrogen-bond donors (Lipinski definition) is 1. The van der Waals surface area contributed by atoms with E-state index in [2.05, 4.69) is 5.32 Å². The first-order valence-corrected chi connectivity index (χ1v) is 5.49. The van der Waals surface area contributed by atoms with Crippen molar-refractivity contribution >= 4 is 17.7 Å². The summed E-state index contributed by atoms with van der Waals surface area (Å²) in [6.07, 6.45) is 3.90. The first-order valence-electron chi connectivity index (χ1n) is 5.11. The minimum Gasteiger partial charge on any atom is -0.316 e. The lowest BCUT2D eigenvalue weighted by molar-refractivity contribution is 0.609. The molecular weight excluding hydrogens is 213 g/mol. The maximum atomic E-state index is 13.6. The minimum absolute atomic E-state index is 0.193. The average molecular weight is 226 g/mol. The molecule has 80 valence electrons. The summed E-state index contributed by atoms with van der Waals surface area (Å²) in [6.45, 7) is 1.96. The molecule has 1 heterocycles. The predicted octanol–water partition coefficient (Wildman–Crippen LogP) is 3.25. The highest BCUT2D eigenvalue weighted by Crippen LogP contribution is 2.22. The quantitative estimate of drug-likeness (QED) is 0.774. The molecule has 1 fully saturated rings. The maximum Gasteiger partial charge on any atom is 0.148 e. The molecule has 0 spiro atoms. The Bertz CT molecular complexity index is 379. The molecule has 0 aliphatic carbocycles. The van der Waals surface area contributed by atoms with Crippen LogP contribution in [-0.4, -0.2) is 13.1 Å². The van der Waals surface area contributed by atoms with Crippen LogP contribution in [0.15, 0.2) is 23.8 Å². The van der Waals surface area contributed by atoms with Crippen molar-refractivity contribution in [2.24, 2.45) is 0 Å². The standard InChI is InChI=1S/C12H13ClFN/c13-11-3-1-2-10(12(11)14)8-9-4-6-15-7-5-9/h1-3,8,15H,4-7H2. The molecule has 0 unspecified atom stereocenters. The molecule has 2 rings (SSSR count). The van der Waals surface area contributed by atoms with Gasteiger partial charge in [-0.15, -0.1) is 0 Å². The van der Waals surface area contributed by atoms with Crippen LogP contribution < -0.4 is 5.32 Å². The molecule has 3 heteroatoms. The van der Waals surface area contributed by atoms with Crippen LogP contribution in [0.4, 0.5) is 4.39 Å². The number of halogens is 2. The van der Waals surface area contributed by atoms with E-state index in [1.54, 1.807) is 18.2 Å². The summed E-state index contributed by atoms with van der Waals surface area (Å²) in [5, 5.41) is 3.46. The zero-order valence-corrected chi connectivity index (χ0v) is 9.15. The molecule has 1 aromatic rings. The highest BCUT2D eigenvalue weighted by molar-refractivity contribution is 6.30. The summed E-state index contributed by atoms with van der Waals surface area (Å²) < 4.78 is 13.6. The number of nitrogens with one attached hydrogen (secondary N) is 1. The second kappa shape index (κ2) is 4.77. The molecule has 0 radical (unpaired) electrons. The first-order chi connectivity index (χ1) is 7.27. The van der Waals surface area contributed by atoms with E-state index in [-0.39, 0.29) is 10.8 Å². The second-order valence-electron chi connectivity index (χ2n) is 3.70. The summed E-state index contributed by atoms with van der Waals surface area (Å²) in [6, 6.07) is 5.11. The van der Waals surface area contributed by atoms with Crippen molar-refractivity contribution in [3.63, 3.8) is 0 Å². The molecule has 0 bridgehead atoms. The zero-order valence-electron chi connectivity index (χ0n) is 8.39. The van der Waals surface area contributed by atoms with E-state index in [0.717, 1.165) is 25.9 Å². The smallest absolute Gasteiger partial charge is 0.148 e. The summed E-state index contributed by atoms with van der Waals surface area (Å²) in [5.74, 6) is -0.315. The van der Waals surface area contributed by atoms with Crippen LogP contribution in [0.25, 0.3) is 6.08 Å². The third kappa shape index (κ3) is 2.58. The van der Waals surface area contributed by atoms with Gasteiger partial charge in [0.1, 0.15) is 5.82 Å². The average Bonchev–Trinajstić information content (AvgIpc) is 2.26. The molecular formula is C12H13ClFN. The van der Waals surface area contributed by atoms with Crippen molar-refractivity contribution in [3.05, 3.63) is 40.2 Å². The Labute approximate surface area is 93.9 Å². The van der Waals surface area contributed by atoms with E-state index in [0.29, 0.717) is 5.56 Å². The highest BCUT2D eigenvalue weighted by Gasteiger charge is 2.07. The third-order valence-corrected chi connectivity index (χ3v) is 2.88. The Morgan fingerprint density at radius 2 is 2.00 bits per heavy atom. The molecule has 15 heavy (non-hydrogen) atoms. The van der Waals surface area contributed by atoms with Crippen LogP contribution >= 0.6 is 11.6 Å². The summed E-state index contributed by atoms with van der Waals surface area (Å²) >= 11 is 5.71. The largest absolute Gasteiger partial charge is 0.316 e. The fourth-order valence-electron chi connectivity index (χ4n) is 1.74. The van der Waals surface area contributed by atoms with Gasteiger partial charge in [-0.1, -0.05) is 35.4 Å². The van der Waals surface area contributed by atoms with Crippen molar-refractivity contribution in [1.82, 2.24) is 5.32 Å². The van der Waals surface area contributed by atoms with Crippen LogP contribution in [0.3, 0.4) is 0 Å². The molecule has 0 aromatic heterocycles. The normalized spacial score (nSPS) is 16.5. The van der Waals surface area contributed by atoms with Gasteiger partial charge >= 0.3 is 0 Å². The summed E-state index contributed by atoms with van der Waals surface area (Å²) in [4.78, 5) is 0. The molecule has 0 atom stereocenters. The van der Waals surface area contributed by atoms with Crippen LogP contribution in [-0.2, 0) is 0 Å². The summed E-state index contributed by atoms with van der Waals surface area (Å²) in [7, 11) is 0. The fraction of sp³-hybridized carbons (Fsp3) is 0.333. The van der Waals surface area contributed by atoms with Gasteiger partial charge in [0.2, 0.25) is 0 Å². The Kier molecular flexibility index (Phi) is 3.39. The van der Waals surface area contributed by atoms with E-state index < -0.39 is 0 Å². The molecule has 1 saturated heterocycles. The van der Waals surface area contributed by atoms with Crippen molar-refractivity contribution in [2.75, 3.05) is 13.1 Å². The third-order valence-electron chi connectivity index (χ3n) is 2.59. The van der Waals surface area contributed by atoms with E-state index in [4.69, 9.17) is 11.6 Å². The van der Waals surface area contributed by atoms with Crippen molar-refractivity contribution < 1.29 is 4.39 Å². The SMILES string of the molecule is Fc1c(Cl)cccc1C=C1CCNCC1. The van der Waals surface area contributed by atoms with Gasteiger partial charge in [-0.25, -0.2) is 4.39 Å². The number of hydrogen-bond acceptors (Lipinski definition) is 1. The van der Waals surface area contributed by atoms with Gasteiger partial charge in [0, 0.05) is 5.56 Å². The van der Waals surface area contributed by atoms with Gasteiger partial charge in [-0.2, -0.15) is 0 Å². The van der Waals surface area contributed by atoms with Gasteiger partial charge in [0.25, 0.3) is 0 Å². The summed E-state index contributed by atoms with van der Waals surface area (Å²) in [5.41, 5.74) is 1.88. The Morgan fingerprint density at radius 3 is 2.73 bits per heavy atom. The lowest BCUT2D eigenvalue weighted by Gasteiger charge is -2.15. The van der Waals surface area contributed by atoms with Gasteiger partial charge in [0.05, 0.1) is 5.02 Å². The maximum absolute atomic E-state index is 13.6. The van der Waals surface area contributed by atoms with Gasteiger partial charge in [-0.05, 0) is 32.0 Å². The molecule has 1 aliphatic rings. The van der Waals surface area contributed by atoms with Crippen LogP contribution in [0.5, 0.6) is 0 Å². The molecule has 0 saturated carbocycles. The van der Waals surface area contributed by atoms with Gasteiger partial charge in [-0.3, -0.25) is 0 Å². The molecule has 0 amide bonds. The number of benzene rings is 1. The Balaban J connectivity index is 2.25. The van der Waals surface area contributed by atoms with E-state index in [1.165, 1.54) is 5.57 Å². The molecule has 1 N–H and O–H groups in total. The van der Waals surface area contributed by atoms with E-state index >= 15 is 0 Å². The van der Waals surface area contributed by atoms with Crippen molar-refractivity contribution in [3.8, 4) is 0 Å². The number of rotatable bonds is 1. The zero-order chi connectivity index (χ0) is 10.7. The lowest BCUT2D eigenvalue weighted by Crippen LogP contribution is -2.22. The first kappa shape index (κ1) is 10.7. The molecule has 1 nitrogen and oxygen atoms in total. The van der Waals surface area contributed by atoms with E-state index in [1.807, 2.05) is 6.08 Å². The predicted molar refractivity (Wildman–Crippen MR) is 61.5 cm³/mol. The Hall–Kier alpha value is -0.860. The van der Waals surface area contributed by atoms with Crippen molar-refractivity contribution in [1.29, 1.82) is 0 Å². The topological polar surface area (TPSA) is 12.0 Å². The molecule has 1 aromatic carbocycles. The second-order valence-corrected chi connectivity index (χ2v) is 4.10. The van der Waals surface area contributed by atoms with Crippen LogP contribution in [0, 0.1) is 5.82 Å². The van der Waals surface area contributed by atoms with Gasteiger partial charge < -0.3 is 5.32 Å². The number of piperidine rings is 1. The minimum atomic E-state index is -0.315.